The lowest BCUT2D eigenvalue weighted by Gasteiger charge is -2.09. The molecule has 0 amide bonds. The molecule has 0 aliphatic heterocycles. The first-order chi connectivity index (χ1) is 13.5. The number of nitrogen functional groups attached to an aromatic ring is 2. The van der Waals surface area contributed by atoms with Crippen LogP contribution in [-0.2, 0) is 0 Å². The van der Waals surface area contributed by atoms with Crippen LogP contribution < -0.4 is 11.5 Å². The van der Waals surface area contributed by atoms with E-state index in [0.29, 0.717) is 36.9 Å². The van der Waals surface area contributed by atoms with Crippen molar-refractivity contribution in [1.29, 1.82) is 5.26 Å². The van der Waals surface area contributed by atoms with Gasteiger partial charge < -0.3 is 11.5 Å². The van der Waals surface area contributed by atoms with Crippen LogP contribution in [0, 0.1) is 11.3 Å². The summed E-state index contributed by atoms with van der Waals surface area (Å²) in [6, 6.07) is 18.0. The summed E-state index contributed by atoms with van der Waals surface area (Å²) in [6.07, 6.45) is 0. The van der Waals surface area contributed by atoms with Crippen molar-refractivity contribution in [3.05, 3.63) is 75.6 Å². The third-order valence-corrected chi connectivity index (χ3v) is 5.74. The average Bonchev–Trinajstić information content (AvgIpc) is 3.03. The first kappa shape index (κ1) is 18.0. The van der Waals surface area contributed by atoms with Gasteiger partial charge in [-0.05, 0) is 17.7 Å². The molecule has 0 fully saturated rings. The molecule has 136 valence electrons. The first-order valence-electron chi connectivity index (χ1n) is 8.28. The van der Waals surface area contributed by atoms with E-state index in [0.717, 1.165) is 5.56 Å². The fourth-order valence-electron chi connectivity index (χ4n) is 3.08. The van der Waals surface area contributed by atoms with Gasteiger partial charge in [0.15, 0.2) is 0 Å². The number of fused-ring (bicyclic) bond motifs is 1. The summed E-state index contributed by atoms with van der Waals surface area (Å²) in [5.74, 6) is -0.0971. The highest BCUT2D eigenvalue weighted by Gasteiger charge is 2.24. The van der Waals surface area contributed by atoms with Crippen molar-refractivity contribution in [1.82, 2.24) is 4.98 Å². The Morgan fingerprint density at radius 2 is 1.75 bits per heavy atom. The Hall–Kier alpha value is -3.40. The minimum atomic E-state index is -0.194. The average molecular weight is 405 g/mol. The Kier molecular flexibility index (Phi) is 4.47. The number of thiophene rings is 1. The monoisotopic (exact) mass is 404 g/mol. The molecule has 0 aliphatic rings. The van der Waals surface area contributed by atoms with E-state index in [4.69, 9.17) is 23.1 Å². The number of carbonyl (C=O) groups is 1. The van der Waals surface area contributed by atoms with Gasteiger partial charge in [0.1, 0.15) is 27.2 Å². The summed E-state index contributed by atoms with van der Waals surface area (Å²) >= 11 is 7.17. The molecule has 0 saturated heterocycles. The number of rotatable bonds is 3. The molecule has 0 unspecified atom stereocenters. The van der Waals surface area contributed by atoms with Gasteiger partial charge in [-0.3, -0.25) is 4.79 Å². The van der Waals surface area contributed by atoms with Gasteiger partial charge in [-0.1, -0.05) is 54.1 Å². The summed E-state index contributed by atoms with van der Waals surface area (Å²) in [7, 11) is 0. The van der Waals surface area contributed by atoms with E-state index in [1.54, 1.807) is 48.5 Å². The molecular weight excluding hydrogens is 392 g/mol. The quantitative estimate of drug-likeness (QED) is 0.473. The summed E-state index contributed by atoms with van der Waals surface area (Å²) < 4.78 is 0. The maximum atomic E-state index is 13.0. The fraction of sp³-hybridized carbons (Fsp3) is 0. The number of nitriles is 1. The smallest absolute Gasteiger partial charge is 0.205 e. The lowest BCUT2D eigenvalue weighted by atomic mass is 9.96. The van der Waals surface area contributed by atoms with Crippen molar-refractivity contribution in [2.75, 3.05) is 11.5 Å². The molecule has 0 saturated carbocycles. The van der Waals surface area contributed by atoms with Crippen LogP contribution >= 0.6 is 22.9 Å². The Labute approximate surface area is 169 Å². The maximum Gasteiger partial charge on any atom is 0.205 e. The van der Waals surface area contributed by atoms with Crippen LogP contribution in [0.4, 0.5) is 11.5 Å². The van der Waals surface area contributed by atoms with Gasteiger partial charge in [0.2, 0.25) is 5.78 Å². The zero-order valence-corrected chi connectivity index (χ0v) is 16.0. The predicted molar refractivity (Wildman–Crippen MR) is 113 cm³/mol. The summed E-state index contributed by atoms with van der Waals surface area (Å²) in [5, 5.41) is 10.8. The molecule has 5 nitrogen and oxygen atoms in total. The molecule has 0 bridgehead atoms. The van der Waals surface area contributed by atoms with Crippen molar-refractivity contribution in [3.63, 3.8) is 0 Å². The van der Waals surface area contributed by atoms with Crippen LogP contribution in [-0.4, -0.2) is 10.8 Å². The van der Waals surface area contributed by atoms with Crippen LogP contribution in [0.3, 0.4) is 0 Å². The largest absolute Gasteiger partial charge is 0.397 e. The molecule has 0 atom stereocenters. The number of pyridine rings is 1. The molecule has 4 N–H and O–H groups in total. The van der Waals surface area contributed by atoms with Gasteiger partial charge in [-0.25, -0.2) is 4.98 Å². The second-order valence-corrected chi connectivity index (χ2v) is 7.52. The number of halogens is 1. The molecule has 0 aliphatic carbocycles. The summed E-state index contributed by atoms with van der Waals surface area (Å²) in [5.41, 5.74) is 14.8. The number of nitrogens with two attached hydrogens (primary N) is 2. The van der Waals surface area contributed by atoms with Crippen LogP contribution in [0.1, 0.15) is 20.8 Å². The van der Waals surface area contributed by atoms with E-state index in [1.807, 2.05) is 6.07 Å². The molecule has 28 heavy (non-hydrogen) atoms. The zero-order chi connectivity index (χ0) is 19.8. The second kappa shape index (κ2) is 6.97. The third-order valence-electron chi connectivity index (χ3n) is 4.39. The number of carbonyl (C=O) groups excluding carboxylic acids is 1. The Morgan fingerprint density at radius 1 is 1.07 bits per heavy atom. The van der Waals surface area contributed by atoms with E-state index < -0.39 is 0 Å². The van der Waals surface area contributed by atoms with Gasteiger partial charge in [0.05, 0.1) is 5.69 Å². The number of benzene rings is 2. The Morgan fingerprint density at radius 3 is 2.39 bits per heavy atom. The van der Waals surface area contributed by atoms with E-state index >= 15 is 0 Å². The van der Waals surface area contributed by atoms with Crippen LogP contribution in [0.15, 0.2) is 54.6 Å². The number of nitrogens with zero attached hydrogens (tertiary/aromatic N) is 2. The van der Waals surface area contributed by atoms with Gasteiger partial charge in [0, 0.05) is 21.5 Å². The first-order valence-corrected chi connectivity index (χ1v) is 9.48. The minimum absolute atomic E-state index is 0.0971. The third kappa shape index (κ3) is 2.87. The number of ketones is 1. The number of hydrogen-bond acceptors (Lipinski definition) is 6. The van der Waals surface area contributed by atoms with Crippen molar-refractivity contribution in [2.45, 2.75) is 0 Å². The second-order valence-electron chi connectivity index (χ2n) is 6.09. The Bertz CT molecular complexity index is 1260. The topological polar surface area (TPSA) is 106 Å². The van der Waals surface area contributed by atoms with Gasteiger partial charge in [0.25, 0.3) is 0 Å². The van der Waals surface area contributed by atoms with Crippen LogP contribution in [0.5, 0.6) is 0 Å². The lowest BCUT2D eigenvalue weighted by Crippen LogP contribution is -2.02. The number of anilines is 2. The zero-order valence-electron chi connectivity index (χ0n) is 14.4. The van der Waals surface area contributed by atoms with Crippen LogP contribution in [0.25, 0.3) is 21.3 Å². The van der Waals surface area contributed by atoms with E-state index in [9.17, 15) is 10.1 Å². The minimum Gasteiger partial charge on any atom is -0.397 e. The van der Waals surface area contributed by atoms with Crippen LogP contribution in [0.2, 0.25) is 5.02 Å². The van der Waals surface area contributed by atoms with E-state index in [1.165, 1.54) is 11.3 Å². The van der Waals surface area contributed by atoms with Gasteiger partial charge in [-0.15, -0.1) is 11.3 Å². The molecule has 4 aromatic rings. The highest BCUT2D eigenvalue weighted by molar-refractivity contribution is 7.21. The summed E-state index contributed by atoms with van der Waals surface area (Å²) in [6.45, 7) is 0. The highest BCUT2D eigenvalue weighted by atomic mass is 35.5. The number of hydrogen-bond donors (Lipinski definition) is 2. The SMILES string of the molecule is N#Cc1c(N)nc2sc(C(=O)c3ccccc3)c(N)c2c1-c1ccc(Cl)cc1. The highest BCUT2D eigenvalue weighted by Crippen LogP contribution is 2.43. The molecule has 2 aromatic heterocycles. The van der Waals surface area contributed by atoms with Crippen molar-refractivity contribution in [2.24, 2.45) is 0 Å². The molecule has 2 aromatic carbocycles. The number of aromatic nitrogens is 1. The van der Waals surface area contributed by atoms with E-state index in [2.05, 4.69) is 11.1 Å². The Balaban J connectivity index is 2.03. The molecule has 7 heteroatoms. The normalized spacial score (nSPS) is 10.7. The van der Waals surface area contributed by atoms with Gasteiger partial charge in [-0.2, -0.15) is 5.26 Å². The summed E-state index contributed by atoms with van der Waals surface area (Å²) in [4.78, 5) is 18.2. The maximum absolute atomic E-state index is 13.0. The molecule has 0 radical (unpaired) electrons. The molecule has 2 heterocycles. The van der Waals surface area contributed by atoms with Gasteiger partial charge >= 0.3 is 0 Å². The van der Waals surface area contributed by atoms with Crippen molar-refractivity contribution >= 4 is 50.4 Å². The molecule has 4 rings (SSSR count). The van der Waals surface area contributed by atoms with Crippen molar-refractivity contribution < 1.29 is 4.79 Å². The lowest BCUT2D eigenvalue weighted by molar-refractivity contribution is 0.104. The van der Waals surface area contributed by atoms with E-state index in [-0.39, 0.29) is 17.2 Å². The standard InChI is InChI=1S/C21H13ClN4OS/c22-13-8-6-11(7-9-13)15-14(10-23)20(25)26-21-16(15)17(24)19(28-21)18(27)12-4-2-1-3-5-12/h1-9H,24H2,(H2,25,26). The predicted octanol–water partition coefficient (Wildman–Crippen LogP) is 4.88. The van der Waals surface area contributed by atoms with Crippen molar-refractivity contribution in [3.8, 4) is 17.2 Å². The molecular formula is C21H13ClN4OS. The molecule has 0 spiro atoms. The fourth-order valence-corrected chi connectivity index (χ4v) is 4.28.